The number of nitrogens with one attached hydrogen (secondary N) is 1. The average molecular weight is 230 g/mol. The van der Waals surface area contributed by atoms with Gasteiger partial charge in [-0.25, -0.2) is 0 Å². The van der Waals surface area contributed by atoms with Crippen LogP contribution in [0.25, 0.3) is 0 Å². The van der Waals surface area contributed by atoms with E-state index in [9.17, 15) is 5.11 Å². The highest BCUT2D eigenvalue weighted by Gasteiger charge is 2.29. The molecule has 4 unspecified atom stereocenters. The molecule has 0 aliphatic heterocycles. The first-order chi connectivity index (χ1) is 7.72. The van der Waals surface area contributed by atoms with Crippen molar-refractivity contribution in [3.63, 3.8) is 0 Å². The van der Waals surface area contributed by atoms with E-state index in [1.54, 1.807) is 7.11 Å². The zero-order chi connectivity index (χ0) is 12.0. The summed E-state index contributed by atoms with van der Waals surface area (Å²) < 4.78 is 5.16. The third kappa shape index (κ3) is 3.70. The van der Waals surface area contributed by atoms with Crippen molar-refractivity contribution in [1.82, 2.24) is 5.32 Å². The summed E-state index contributed by atoms with van der Waals surface area (Å²) in [4.78, 5) is 0. The Bertz CT molecular complexity index is 190. The number of ether oxygens (including phenoxy) is 1. The molecule has 0 aromatic heterocycles. The first-order valence-corrected chi connectivity index (χ1v) is 6.28. The summed E-state index contributed by atoms with van der Waals surface area (Å²) >= 11 is 0. The van der Waals surface area contributed by atoms with Gasteiger partial charge in [0.15, 0.2) is 0 Å². The van der Waals surface area contributed by atoms with Crippen molar-refractivity contribution in [2.45, 2.75) is 38.3 Å². The molecule has 1 aliphatic rings. The lowest BCUT2D eigenvalue weighted by atomic mass is 9.98. The maximum absolute atomic E-state index is 9.27. The van der Waals surface area contributed by atoms with Crippen LogP contribution in [0.2, 0.25) is 0 Å². The smallest absolute Gasteiger partial charge is 0.0503 e. The number of nitrogens with two attached hydrogens (primary N) is 1. The Morgan fingerprint density at radius 1 is 1.50 bits per heavy atom. The molecular formula is C12H26N2O2. The van der Waals surface area contributed by atoms with Crippen molar-refractivity contribution >= 4 is 0 Å². The van der Waals surface area contributed by atoms with Crippen molar-refractivity contribution in [3.8, 4) is 0 Å². The lowest BCUT2D eigenvalue weighted by molar-refractivity contribution is 0.129. The molecule has 1 fully saturated rings. The molecule has 1 rings (SSSR count). The van der Waals surface area contributed by atoms with Crippen molar-refractivity contribution < 1.29 is 9.84 Å². The van der Waals surface area contributed by atoms with Gasteiger partial charge in [0, 0.05) is 32.3 Å². The fraction of sp³-hybridized carbons (Fsp3) is 1.00. The van der Waals surface area contributed by atoms with E-state index >= 15 is 0 Å². The van der Waals surface area contributed by atoms with Gasteiger partial charge in [0.2, 0.25) is 0 Å². The lowest BCUT2D eigenvalue weighted by Crippen LogP contribution is -2.49. The van der Waals surface area contributed by atoms with Crippen LogP contribution in [0.1, 0.15) is 26.2 Å². The molecule has 1 saturated carbocycles. The molecule has 0 bridgehead atoms. The van der Waals surface area contributed by atoms with Crippen molar-refractivity contribution in [2.75, 3.05) is 26.9 Å². The minimum atomic E-state index is 0.285. The minimum Gasteiger partial charge on any atom is -0.396 e. The first-order valence-electron chi connectivity index (χ1n) is 6.28. The zero-order valence-corrected chi connectivity index (χ0v) is 10.5. The van der Waals surface area contributed by atoms with Crippen molar-refractivity contribution in [2.24, 2.45) is 17.6 Å². The Hall–Kier alpha value is -0.160. The molecule has 96 valence electrons. The van der Waals surface area contributed by atoms with E-state index in [0.717, 1.165) is 19.4 Å². The third-order valence-corrected chi connectivity index (χ3v) is 3.69. The second-order valence-corrected chi connectivity index (χ2v) is 4.92. The fourth-order valence-corrected chi connectivity index (χ4v) is 2.59. The average Bonchev–Trinajstić information content (AvgIpc) is 2.73. The molecule has 0 saturated heterocycles. The van der Waals surface area contributed by atoms with E-state index in [1.807, 2.05) is 0 Å². The normalized spacial score (nSPS) is 29.2. The summed E-state index contributed by atoms with van der Waals surface area (Å²) in [5, 5.41) is 12.9. The van der Waals surface area contributed by atoms with E-state index in [2.05, 4.69) is 12.2 Å². The van der Waals surface area contributed by atoms with Crippen LogP contribution in [0.5, 0.6) is 0 Å². The molecule has 16 heavy (non-hydrogen) atoms. The van der Waals surface area contributed by atoms with Gasteiger partial charge in [0.1, 0.15) is 0 Å². The van der Waals surface area contributed by atoms with E-state index in [-0.39, 0.29) is 12.6 Å². The van der Waals surface area contributed by atoms with Gasteiger partial charge in [-0.05, 0) is 24.7 Å². The summed E-state index contributed by atoms with van der Waals surface area (Å²) in [6.07, 6.45) is 3.49. The molecule has 4 nitrogen and oxygen atoms in total. The topological polar surface area (TPSA) is 67.5 Å². The van der Waals surface area contributed by atoms with Crippen LogP contribution in [0.3, 0.4) is 0 Å². The second-order valence-electron chi connectivity index (χ2n) is 4.92. The first kappa shape index (κ1) is 13.9. The van der Waals surface area contributed by atoms with Gasteiger partial charge in [-0.1, -0.05) is 13.3 Å². The van der Waals surface area contributed by atoms with Crippen LogP contribution in [-0.2, 0) is 4.74 Å². The highest BCUT2D eigenvalue weighted by Crippen LogP contribution is 2.26. The Labute approximate surface area is 98.5 Å². The number of rotatable bonds is 7. The maximum atomic E-state index is 9.27. The molecule has 4 heteroatoms. The lowest BCUT2D eigenvalue weighted by Gasteiger charge is -2.29. The van der Waals surface area contributed by atoms with Gasteiger partial charge in [-0.2, -0.15) is 0 Å². The fourth-order valence-electron chi connectivity index (χ4n) is 2.59. The molecule has 4 atom stereocenters. The molecule has 0 amide bonds. The number of aliphatic hydroxyl groups excluding tert-OH is 1. The highest BCUT2D eigenvalue weighted by atomic mass is 16.5. The molecule has 0 aromatic rings. The van der Waals surface area contributed by atoms with Gasteiger partial charge in [-0.15, -0.1) is 0 Å². The van der Waals surface area contributed by atoms with E-state index in [4.69, 9.17) is 10.5 Å². The predicted molar refractivity (Wildman–Crippen MR) is 65.2 cm³/mol. The van der Waals surface area contributed by atoms with Crippen LogP contribution >= 0.6 is 0 Å². The van der Waals surface area contributed by atoms with Crippen LogP contribution in [0.15, 0.2) is 0 Å². The summed E-state index contributed by atoms with van der Waals surface area (Å²) in [6.45, 7) is 3.79. The predicted octanol–water partition coefficient (Wildman–Crippen LogP) is 0.347. The Morgan fingerprint density at radius 3 is 2.81 bits per heavy atom. The molecule has 1 aliphatic carbocycles. The number of aliphatic hydroxyl groups is 1. The van der Waals surface area contributed by atoms with E-state index in [0.29, 0.717) is 24.4 Å². The Balaban J connectivity index is 2.42. The third-order valence-electron chi connectivity index (χ3n) is 3.69. The SMILES string of the molecule is COCC(C)C(CN)NC1CCCC1CO. The standard InChI is InChI=1S/C12H26N2O2/c1-9(8-16-2)12(6-13)14-11-5-3-4-10(11)7-15/h9-12,14-15H,3-8,13H2,1-2H3. The Kier molecular flexibility index (Phi) is 6.28. The van der Waals surface area contributed by atoms with Gasteiger partial charge >= 0.3 is 0 Å². The minimum absolute atomic E-state index is 0.285. The van der Waals surface area contributed by atoms with Crippen LogP contribution in [0.4, 0.5) is 0 Å². The maximum Gasteiger partial charge on any atom is 0.0503 e. The molecule has 0 aromatic carbocycles. The van der Waals surface area contributed by atoms with Crippen molar-refractivity contribution in [1.29, 1.82) is 0 Å². The Morgan fingerprint density at radius 2 is 2.25 bits per heavy atom. The molecule has 4 N–H and O–H groups in total. The molecule has 0 radical (unpaired) electrons. The van der Waals surface area contributed by atoms with Gasteiger partial charge < -0.3 is 20.9 Å². The van der Waals surface area contributed by atoms with Crippen LogP contribution in [0, 0.1) is 11.8 Å². The summed E-state index contributed by atoms with van der Waals surface area (Å²) in [5.74, 6) is 0.818. The van der Waals surface area contributed by atoms with Crippen LogP contribution in [-0.4, -0.2) is 44.1 Å². The van der Waals surface area contributed by atoms with Crippen molar-refractivity contribution in [3.05, 3.63) is 0 Å². The molecular weight excluding hydrogens is 204 g/mol. The van der Waals surface area contributed by atoms with Gasteiger partial charge in [-0.3, -0.25) is 0 Å². The summed E-state index contributed by atoms with van der Waals surface area (Å²) in [5.41, 5.74) is 5.79. The molecule has 0 heterocycles. The van der Waals surface area contributed by atoms with E-state index in [1.165, 1.54) is 6.42 Å². The van der Waals surface area contributed by atoms with Crippen LogP contribution < -0.4 is 11.1 Å². The second kappa shape index (κ2) is 7.22. The zero-order valence-electron chi connectivity index (χ0n) is 10.5. The molecule has 0 spiro atoms. The highest BCUT2D eigenvalue weighted by molar-refractivity contribution is 4.87. The van der Waals surface area contributed by atoms with E-state index < -0.39 is 0 Å². The van der Waals surface area contributed by atoms with Gasteiger partial charge in [0.05, 0.1) is 6.61 Å². The monoisotopic (exact) mass is 230 g/mol. The van der Waals surface area contributed by atoms with Gasteiger partial charge in [0.25, 0.3) is 0 Å². The summed E-state index contributed by atoms with van der Waals surface area (Å²) in [7, 11) is 1.72. The number of methoxy groups -OCH3 is 1. The largest absolute Gasteiger partial charge is 0.396 e. The number of hydrogen-bond donors (Lipinski definition) is 3. The summed E-state index contributed by atoms with van der Waals surface area (Å²) in [6, 6.07) is 0.718. The number of hydrogen-bond acceptors (Lipinski definition) is 4. The quantitative estimate of drug-likeness (QED) is 0.590.